The Morgan fingerprint density at radius 2 is 0.639 bits per heavy atom. The van der Waals surface area contributed by atoms with Crippen LogP contribution in [-0.4, -0.2) is 9.97 Å². The van der Waals surface area contributed by atoms with Gasteiger partial charge in [-0.25, -0.2) is 4.98 Å². The van der Waals surface area contributed by atoms with E-state index in [0.29, 0.717) is 0 Å². The summed E-state index contributed by atoms with van der Waals surface area (Å²) < 4.78 is 2.66. The molecule has 0 aliphatic carbocycles. The van der Waals surface area contributed by atoms with Gasteiger partial charge in [-0.2, -0.15) is 0 Å². The first-order valence-corrected chi connectivity index (χ1v) is 21.6. The molecular formula is C58H34N2S. The van der Waals surface area contributed by atoms with E-state index < -0.39 is 0 Å². The average molecular weight is 791 g/mol. The third-order valence-electron chi connectivity index (χ3n) is 12.7. The maximum atomic E-state index is 5.38. The van der Waals surface area contributed by atoms with E-state index in [0.717, 1.165) is 38.4 Å². The SMILES string of the molecule is c1ccc2c(c1)sc1c(-c3ccc(-c4cccc5c(-c6cccc7c(-c8cnc9c%10ccccc%10c%10ccccc%10c9n8)cccc67)cccc45)c4ccccc34)cccc12. The molecule has 0 unspecified atom stereocenters. The van der Waals surface area contributed by atoms with Crippen LogP contribution in [0.2, 0.25) is 0 Å². The third kappa shape index (κ3) is 5.14. The molecule has 0 fully saturated rings. The van der Waals surface area contributed by atoms with Crippen molar-refractivity contribution in [3.63, 3.8) is 0 Å². The molecule has 0 atom stereocenters. The minimum atomic E-state index is 0.870. The third-order valence-corrected chi connectivity index (χ3v) is 14.0. The van der Waals surface area contributed by atoms with E-state index in [1.807, 2.05) is 17.5 Å². The van der Waals surface area contributed by atoms with Gasteiger partial charge in [-0.1, -0.05) is 194 Å². The molecule has 3 heteroatoms. The number of fused-ring (bicyclic) bond motifs is 12. The second-order valence-electron chi connectivity index (χ2n) is 15.9. The summed E-state index contributed by atoms with van der Waals surface area (Å²) in [6, 6.07) is 73.0. The maximum Gasteiger partial charge on any atom is 0.0979 e. The van der Waals surface area contributed by atoms with Crippen LogP contribution in [0.25, 0.3) is 130 Å². The number of thiophene rings is 1. The molecule has 13 rings (SSSR count). The lowest BCUT2D eigenvalue weighted by Crippen LogP contribution is -1.93. The van der Waals surface area contributed by atoms with Crippen molar-refractivity contribution < 1.29 is 0 Å². The molecule has 0 saturated carbocycles. The molecule has 2 aromatic heterocycles. The smallest absolute Gasteiger partial charge is 0.0979 e. The molecule has 0 aliphatic heterocycles. The van der Waals surface area contributed by atoms with Crippen LogP contribution in [0.3, 0.4) is 0 Å². The first-order chi connectivity index (χ1) is 30.3. The normalized spacial score (nSPS) is 11.9. The zero-order valence-corrected chi connectivity index (χ0v) is 33.7. The molecule has 2 nitrogen and oxygen atoms in total. The van der Waals surface area contributed by atoms with Crippen LogP contribution in [0.1, 0.15) is 0 Å². The molecule has 0 spiro atoms. The Morgan fingerprint density at radius 3 is 1.21 bits per heavy atom. The Balaban J connectivity index is 0.964. The van der Waals surface area contributed by atoms with Crippen molar-refractivity contribution in [3.05, 3.63) is 206 Å². The van der Waals surface area contributed by atoms with Crippen LogP contribution < -0.4 is 0 Å². The highest BCUT2D eigenvalue weighted by Crippen LogP contribution is 2.45. The predicted molar refractivity (Wildman–Crippen MR) is 262 cm³/mol. The summed E-state index contributed by atoms with van der Waals surface area (Å²) in [6.45, 7) is 0. The molecule has 61 heavy (non-hydrogen) atoms. The highest BCUT2D eigenvalue weighted by molar-refractivity contribution is 7.26. The van der Waals surface area contributed by atoms with Crippen LogP contribution in [0, 0.1) is 0 Å². The number of hydrogen-bond acceptors (Lipinski definition) is 3. The highest BCUT2D eigenvalue weighted by atomic mass is 32.1. The van der Waals surface area contributed by atoms with Crippen LogP contribution >= 0.6 is 11.3 Å². The quantitative estimate of drug-likeness (QED) is 0.166. The summed E-state index contributed by atoms with van der Waals surface area (Å²) in [4.78, 5) is 10.5. The molecule has 0 radical (unpaired) electrons. The lowest BCUT2D eigenvalue weighted by Gasteiger charge is -2.17. The lowest BCUT2D eigenvalue weighted by molar-refractivity contribution is 1.31. The highest BCUT2D eigenvalue weighted by Gasteiger charge is 2.18. The van der Waals surface area contributed by atoms with E-state index in [2.05, 4.69) is 200 Å². The first-order valence-electron chi connectivity index (χ1n) is 20.8. The monoisotopic (exact) mass is 790 g/mol. The second kappa shape index (κ2) is 13.4. The van der Waals surface area contributed by atoms with E-state index in [-0.39, 0.29) is 0 Å². The summed E-state index contributed by atoms with van der Waals surface area (Å²) in [7, 11) is 0. The predicted octanol–water partition coefficient (Wildman–Crippen LogP) is 16.4. The molecule has 11 aromatic carbocycles. The van der Waals surface area contributed by atoms with Gasteiger partial charge in [0.2, 0.25) is 0 Å². The Kier molecular flexibility index (Phi) is 7.51. The summed E-state index contributed by atoms with van der Waals surface area (Å²) in [6.07, 6.45) is 1.95. The van der Waals surface area contributed by atoms with Crippen molar-refractivity contribution in [1.82, 2.24) is 9.97 Å². The van der Waals surface area contributed by atoms with E-state index in [9.17, 15) is 0 Å². The number of hydrogen-bond donors (Lipinski definition) is 0. The molecule has 13 aromatic rings. The van der Waals surface area contributed by atoms with E-state index in [4.69, 9.17) is 9.97 Å². The van der Waals surface area contributed by atoms with Gasteiger partial charge in [0.15, 0.2) is 0 Å². The zero-order valence-electron chi connectivity index (χ0n) is 32.9. The molecular weight excluding hydrogens is 757 g/mol. The van der Waals surface area contributed by atoms with Gasteiger partial charge in [0, 0.05) is 42.1 Å². The Morgan fingerprint density at radius 1 is 0.262 bits per heavy atom. The van der Waals surface area contributed by atoms with Crippen molar-refractivity contribution >= 4 is 96.4 Å². The minimum absolute atomic E-state index is 0.870. The van der Waals surface area contributed by atoms with Crippen molar-refractivity contribution in [3.8, 4) is 44.6 Å². The first kappa shape index (κ1) is 34.2. The molecule has 0 N–H and O–H groups in total. The second-order valence-corrected chi connectivity index (χ2v) is 17.0. The Labute approximate surface area is 355 Å². The Bertz CT molecular complexity index is 3920. The van der Waals surface area contributed by atoms with Crippen LogP contribution in [0.5, 0.6) is 0 Å². The number of aromatic nitrogens is 2. The average Bonchev–Trinajstić information content (AvgIpc) is 3.72. The van der Waals surface area contributed by atoms with Gasteiger partial charge in [-0.05, 0) is 77.0 Å². The van der Waals surface area contributed by atoms with Gasteiger partial charge < -0.3 is 0 Å². The fraction of sp³-hybridized carbons (Fsp3) is 0. The molecule has 2 heterocycles. The maximum absolute atomic E-state index is 5.38. The van der Waals surface area contributed by atoms with Gasteiger partial charge in [0.25, 0.3) is 0 Å². The number of benzene rings is 11. The van der Waals surface area contributed by atoms with Crippen molar-refractivity contribution in [2.75, 3.05) is 0 Å². The van der Waals surface area contributed by atoms with Crippen molar-refractivity contribution in [2.45, 2.75) is 0 Å². The van der Waals surface area contributed by atoms with Gasteiger partial charge in [0.1, 0.15) is 0 Å². The minimum Gasteiger partial charge on any atom is -0.252 e. The lowest BCUT2D eigenvalue weighted by atomic mass is 9.87. The van der Waals surface area contributed by atoms with E-state index in [1.165, 1.54) is 91.3 Å². The summed E-state index contributed by atoms with van der Waals surface area (Å²) in [5.74, 6) is 0. The molecule has 0 bridgehead atoms. The van der Waals surface area contributed by atoms with E-state index in [1.54, 1.807) is 0 Å². The molecule has 282 valence electrons. The van der Waals surface area contributed by atoms with Crippen molar-refractivity contribution in [1.29, 1.82) is 0 Å². The fourth-order valence-electron chi connectivity index (χ4n) is 10.0. The largest absolute Gasteiger partial charge is 0.252 e. The summed E-state index contributed by atoms with van der Waals surface area (Å²) >= 11 is 1.89. The molecule has 0 saturated heterocycles. The van der Waals surface area contributed by atoms with Crippen LogP contribution in [0.4, 0.5) is 0 Å². The van der Waals surface area contributed by atoms with Gasteiger partial charge in [-0.3, -0.25) is 4.98 Å². The molecule has 0 amide bonds. The van der Waals surface area contributed by atoms with Crippen LogP contribution in [-0.2, 0) is 0 Å². The summed E-state index contributed by atoms with van der Waals surface area (Å²) in [5, 5.41) is 14.6. The summed E-state index contributed by atoms with van der Waals surface area (Å²) in [5.41, 5.74) is 11.2. The zero-order chi connectivity index (χ0) is 40.0. The number of rotatable bonds is 4. The van der Waals surface area contributed by atoms with Gasteiger partial charge >= 0.3 is 0 Å². The van der Waals surface area contributed by atoms with E-state index >= 15 is 0 Å². The van der Waals surface area contributed by atoms with Crippen LogP contribution in [0.15, 0.2) is 206 Å². The number of nitrogens with zero attached hydrogens (tertiary/aromatic N) is 2. The standard InChI is InChI=1S/C58H34N2S/c1-2-15-36-35(14-1)46(32-33-47(36)52-29-13-30-53-49-18-7-8-31-55(49)61-58(52)53)42-25-10-22-38-37(21-9-23-40(38)42)39-24-11-27-43-41(39)26-12-28-48(43)54-34-59-56-50-19-5-3-16-44(50)45-17-4-6-20-51(45)57(56)60-54/h1-34H. The molecule has 0 aliphatic rings. The van der Waals surface area contributed by atoms with Crippen molar-refractivity contribution in [2.24, 2.45) is 0 Å². The van der Waals surface area contributed by atoms with Gasteiger partial charge in [0.05, 0.1) is 22.9 Å². The Hall–Kier alpha value is -7.72. The topological polar surface area (TPSA) is 25.8 Å². The fourth-order valence-corrected chi connectivity index (χ4v) is 11.3. The van der Waals surface area contributed by atoms with Gasteiger partial charge in [-0.15, -0.1) is 11.3 Å².